The highest BCUT2D eigenvalue weighted by Gasteiger charge is 2.17. The van der Waals surface area contributed by atoms with E-state index in [1.165, 1.54) is 35.1 Å². The van der Waals surface area contributed by atoms with E-state index >= 15 is 0 Å². The number of amides is 1. The first kappa shape index (κ1) is 19.6. The Morgan fingerprint density at radius 3 is 1.73 bits per heavy atom. The van der Waals surface area contributed by atoms with Crippen LogP contribution in [-0.2, 0) is 25.7 Å². The van der Waals surface area contributed by atoms with Crippen molar-refractivity contribution >= 4 is 54.6 Å². The fourth-order valence-electron chi connectivity index (χ4n) is 3.56. The third-order valence-electron chi connectivity index (χ3n) is 4.83. The lowest BCUT2D eigenvalue weighted by molar-refractivity contribution is 0.0999. The topological polar surface area (TPSA) is 60.2 Å². The SMILES string of the molecule is NC(=O)c1cc(Br)c2c(c1)CCC2.O=C(Cl)c1cc(Br)c2c(c1)CCC2. The lowest BCUT2D eigenvalue weighted by Crippen LogP contribution is -2.11. The summed E-state index contributed by atoms with van der Waals surface area (Å²) in [5.74, 6) is -0.351. The van der Waals surface area contributed by atoms with Crippen LogP contribution in [0.3, 0.4) is 0 Å². The number of benzene rings is 2. The second-order valence-electron chi connectivity index (χ2n) is 6.54. The van der Waals surface area contributed by atoms with Gasteiger partial charge in [0.1, 0.15) is 0 Å². The first-order chi connectivity index (χ1) is 12.4. The maximum atomic E-state index is 11.0. The van der Waals surface area contributed by atoms with E-state index in [1.54, 1.807) is 6.07 Å². The molecule has 2 aliphatic rings. The molecule has 2 aliphatic carbocycles. The zero-order valence-electron chi connectivity index (χ0n) is 14.1. The molecule has 0 saturated heterocycles. The van der Waals surface area contributed by atoms with Gasteiger partial charge in [-0.25, -0.2) is 0 Å². The van der Waals surface area contributed by atoms with Crippen LogP contribution in [0.5, 0.6) is 0 Å². The van der Waals surface area contributed by atoms with Gasteiger partial charge in [0.2, 0.25) is 5.91 Å². The summed E-state index contributed by atoms with van der Waals surface area (Å²) in [6.07, 6.45) is 6.69. The van der Waals surface area contributed by atoms with Gasteiger partial charge in [-0.3, -0.25) is 9.59 Å². The molecular formula is C20H18Br2ClNO2. The van der Waals surface area contributed by atoms with Crippen molar-refractivity contribution < 1.29 is 9.59 Å². The van der Waals surface area contributed by atoms with Crippen molar-refractivity contribution in [1.29, 1.82) is 0 Å². The molecule has 0 radical (unpaired) electrons. The maximum absolute atomic E-state index is 11.0. The van der Waals surface area contributed by atoms with E-state index in [1.807, 2.05) is 18.2 Å². The number of carbonyl (C=O) groups is 2. The lowest BCUT2D eigenvalue weighted by atomic mass is 10.1. The molecule has 3 nitrogen and oxygen atoms in total. The standard InChI is InChI=1S/C10H8BrClO.C10H10BrNO/c2*11-9-5-7(10(12)13)4-6-2-1-3-8(6)9/h4-5H,1-3H2;4-5H,1-3H2,(H2,12,13). The molecule has 2 aromatic carbocycles. The molecule has 2 N–H and O–H groups in total. The summed E-state index contributed by atoms with van der Waals surface area (Å²) in [6.45, 7) is 0. The fraction of sp³-hybridized carbons (Fsp3) is 0.300. The molecule has 0 aromatic heterocycles. The molecule has 0 atom stereocenters. The van der Waals surface area contributed by atoms with E-state index in [0.717, 1.165) is 34.6 Å². The lowest BCUT2D eigenvalue weighted by Gasteiger charge is -2.04. The molecule has 0 spiro atoms. The third kappa shape index (κ3) is 4.21. The Kier molecular flexibility index (Phi) is 6.21. The van der Waals surface area contributed by atoms with Gasteiger partial charge in [-0.1, -0.05) is 31.9 Å². The average molecular weight is 500 g/mol. The fourth-order valence-corrected chi connectivity index (χ4v) is 5.07. The molecule has 2 aromatic rings. The highest BCUT2D eigenvalue weighted by molar-refractivity contribution is 9.10. The Hall–Kier alpha value is -1.17. The summed E-state index contributed by atoms with van der Waals surface area (Å²) in [6, 6.07) is 7.43. The van der Waals surface area contributed by atoms with Crippen LogP contribution >= 0.6 is 43.5 Å². The van der Waals surface area contributed by atoms with Crippen LogP contribution in [0.15, 0.2) is 33.2 Å². The second-order valence-corrected chi connectivity index (χ2v) is 8.59. The van der Waals surface area contributed by atoms with Gasteiger partial charge in [-0.05, 0) is 96.6 Å². The van der Waals surface area contributed by atoms with Crippen molar-refractivity contribution in [2.45, 2.75) is 38.5 Å². The smallest absolute Gasteiger partial charge is 0.252 e. The minimum Gasteiger partial charge on any atom is -0.366 e. The van der Waals surface area contributed by atoms with Gasteiger partial charge in [0.15, 0.2) is 0 Å². The van der Waals surface area contributed by atoms with E-state index in [2.05, 4.69) is 31.9 Å². The van der Waals surface area contributed by atoms with Crippen molar-refractivity contribution in [3.05, 3.63) is 66.6 Å². The Balaban J connectivity index is 0.000000151. The quantitative estimate of drug-likeness (QED) is 0.566. The molecule has 4 rings (SSSR count). The second kappa shape index (κ2) is 8.24. The van der Waals surface area contributed by atoms with Crippen molar-refractivity contribution in [3.8, 4) is 0 Å². The number of carbonyl (C=O) groups excluding carboxylic acids is 2. The van der Waals surface area contributed by atoms with Gasteiger partial charge < -0.3 is 5.73 Å². The van der Waals surface area contributed by atoms with Gasteiger partial charge in [-0.2, -0.15) is 0 Å². The van der Waals surface area contributed by atoms with Gasteiger partial charge in [0.25, 0.3) is 5.24 Å². The molecule has 0 unspecified atom stereocenters. The summed E-state index contributed by atoms with van der Waals surface area (Å²) in [7, 11) is 0. The summed E-state index contributed by atoms with van der Waals surface area (Å²) in [4.78, 5) is 21.9. The van der Waals surface area contributed by atoms with Gasteiger partial charge in [0, 0.05) is 20.1 Å². The first-order valence-corrected chi connectivity index (χ1v) is 10.5. The van der Waals surface area contributed by atoms with Gasteiger partial charge in [-0.15, -0.1) is 0 Å². The van der Waals surface area contributed by atoms with E-state index in [4.69, 9.17) is 17.3 Å². The molecule has 26 heavy (non-hydrogen) atoms. The molecule has 0 aliphatic heterocycles. The minimum absolute atomic E-state index is 0.351. The summed E-state index contributed by atoms with van der Waals surface area (Å²) in [5.41, 5.74) is 11.6. The number of primary amides is 1. The van der Waals surface area contributed by atoms with Gasteiger partial charge in [0.05, 0.1) is 0 Å². The van der Waals surface area contributed by atoms with Crippen LogP contribution in [-0.4, -0.2) is 11.1 Å². The number of hydrogen-bond donors (Lipinski definition) is 1. The van der Waals surface area contributed by atoms with Crippen molar-refractivity contribution in [2.24, 2.45) is 5.73 Å². The Morgan fingerprint density at radius 1 is 0.808 bits per heavy atom. The number of fused-ring (bicyclic) bond motifs is 2. The normalized spacial score (nSPS) is 14.3. The summed E-state index contributed by atoms with van der Waals surface area (Å²) < 4.78 is 2.04. The highest BCUT2D eigenvalue weighted by Crippen LogP contribution is 2.31. The van der Waals surface area contributed by atoms with E-state index in [-0.39, 0.29) is 11.1 Å². The minimum atomic E-state index is -0.379. The zero-order chi connectivity index (χ0) is 18.8. The molecule has 136 valence electrons. The van der Waals surface area contributed by atoms with Gasteiger partial charge >= 0.3 is 0 Å². The number of halogens is 3. The molecule has 1 amide bonds. The van der Waals surface area contributed by atoms with Crippen LogP contribution in [0.2, 0.25) is 0 Å². The van der Waals surface area contributed by atoms with Crippen LogP contribution in [0.1, 0.15) is 55.8 Å². The third-order valence-corrected chi connectivity index (χ3v) is 6.47. The molecule has 0 fully saturated rings. The number of aryl methyl sites for hydroxylation is 2. The zero-order valence-corrected chi connectivity index (χ0v) is 18.0. The number of rotatable bonds is 2. The highest BCUT2D eigenvalue weighted by atomic mass is 79.9. The van der Waals surface area contributed by atoms with E-state index in [0.29, 0.717) is 11.1 Å². The van der Waals surface area contributed by atoms with Crippen LogP contribution in [0.25, 0.3) is 0 Å². The Morgan fingerprint density at radius 2 is 1.27 bits per heavy atom. The maximum Gasteiger partial charge on any atom is 0.252 e. The molecule has 0 bridgehead atoms. The molecule has 6 heteroatoms. The van der Waals surface area contributed by atoms with Crippen LogP contribution in [0, 0.1) is 0 Å². The van der Waals surface area contributed by atoms with Crippen molar-refractivity contribution in [3.63, 3.8) is 0 Å². The number of hydrogen-bond acceptors (Lipinski definition) is 2. The largest absolute Gasteiger partial charge is 0.366 e. The van der Waals surface area contributed by atoms with E-state index in [9.17, 15) is 9.59 Å². The van der Waals surface area contributed by atoms with Crippen LogP contribution in [0.4, 0.5) is 0 Å². The molecule has 0 saturated carbocycles. The summed E-state index contributed by atoms with van der Waals surface area (Å²) >= 11 is 12.3. The predicted octanol–water partition coefficient (Wildman–Crippen LogP) is 5.35. The Labute approximate surface area is 174 Å². The average Bonchev–Trinajstić information content (AvgIpc) is 3.24. The van der Waals surface area contributed by atoms with Crippen molar-refractivity contribution in [1.82, 2.24) is 0 Å². The van der Waals surface area contributed by atoms with Crippen molar-refractivity contribution in [2.75, 3.05) is 0 Å². The monoisotopic (exact) mass is 497 g/mol. The van der Waals surface area contributed by atoms with Crippen LogP contribution < -0.4 is 5.73 Å². The molecule has 0 heterocycles. The summed E-state index contributed by atoms with van der Waals surface area (Å²) in [5, 5.41) is -0.379. The number of nitrogens with two attached hydrogens (primary N) is 1. The molecular weight excluding hydrogens is 481 g/mol. The van der Waals surface area contributed by atoms with E-state index < -0.39 is 0 Å². The predicted molar refractivity (Wildman–Crippen MR) is 111 cm³/mol. The Bertz CT molecular complexity index is 822. The first-order valence-electron chi connectivity index (χ1n) is 8.49.